The summed E-state index contributed by atoms with van der Waals surface area (Å²) in [6, 6.07) is 6.74. The van der Waals surface area contributed by atoms with Crippen LogP contribution in [0.3, 0.4) is 0 Å². The number of anilines is 1. The molecule has 1 fully saturated rings. The van der Waals surface area contributed by atoms with Crippen LogP contribution in [-0.4, -0.2) is 62.2 Å². The molecule has 1 atom stereocenters. The number of carbonyl (C=O) groups excluding carboxylic acids is 3. The minimum absolute atomic E-state index is 0.0724. The third kappa shape index (κ3) is 6.01. The van der Waals surface area contributed by atoms with E-state index >= 15 is 0 Å². The fourth-order valence-electron chi connectivity index (χ4n) is 3.83. The molecule has 33 heavy (non-hydrogen) atoms. The lowest BCUT2D eigenvalue weighted by Crippen LogP contribution is -2.25. The molecule has 10 heteroatoms. The average Bonchev–Trinajstić information content (AvgIpc) is 3.54. The summed E-state index contributed by atoms with van der Waals surface area (Å²) in [4.78, 5) is 47.4. The van der Waals surface area contributed by atoms with Crippen LogP contribution >= 0.6 is 11.8 Å². The number of amides is 3. The molecule has 0 unspecified atom stereocenters. The Bertz CT molecular complexity index is 1040. The molecule has 0 spiro atoms. The summed E-state index contributed by atoms with van der Waals surface area (Å²) in [5.41, 5.74) is 1.11. The van der Waals surface area contributed by atoms with Crippen molar-refractivity contribution in [3.8, 4) is 0 Å². The standard InChI is InChI=1S/C23H28N6O3S/c1-16-24-10-14-28(16)13-4-9-25-21(31)17-5-7-18(8-6-17)26-20(30)15-19-22(32)27-23(33-19)29-11-2-3-12-29/h5-8,10,14,19H,2-4,9,11-13,15H2,1H3,(H,25,31)(H,26,30)/t19-/m0/s1. The van der Waals surface area contributed by atoms with Crippen LogP contribution in [0, 0.1) is 6.92 Å². The second-order valence-corrected chi connectivity index (χ2v) is 9.31. The van der Waals surface area contributed by atoms with E-state index in [1.165, 1.54) is 11.8 Å². The molecule has 2 aromatic rings. The molecule has 1 saturated heterocycles. The number of imidazole rings is 1. The lowest BCUT2D eigenvalue weighted by Gasteiger charge is -2.16. The minimum Gasteiger partial charge on any atom is -0.352 e. The molecule has 3 amide bonds. The third-order valence-corrected chi connectivity index (χ3v) is 6.91. The number of aryl methyl sites for hydroxylation is 2. The Morgan fingerprint density at radius 1 is 1.18 bits per heavy atom. The van der Waals surface area contributed by atoms with Gasteiger partial charge >= 0.3 is 0 Å². The van der Waals surface area contributed by atoms with Gasteiger partial charge < -0.3 is 20.1 Å². The Hall–Kier alpha value is -3.14. The number of aliphatic imine (C=N–C) groups is 1. The van der Waals surface area contributed by atoms with Crippen LogP contribution in [0.4, 0.5) is 5.69 Å². The number of hydrogen-bond acceptors (Lipinski definition) is 6. The Kier molecular flexibility index (Phi) is 7.43. The molecular formula is C23H28N6O3S. The molecule has 174 valence electrons. The molecule has 0 saturated carbocycles. The molecule has 9 nitrogen and oxygen atoms in total. The van der Waals surface area contributed by atoms with Gasteiger partial charge in [-0.2, -0.15) is 4.99 Å². The molecule has 2 N–H and O–H groups in total. The number of benzene rings is 1. The van der Waals surface area contributed by atoms with E-state index in [-0.39, 0.29) is 24.1 Å². The number of amidine groups is 1. The molecule has 0 aliphatic carbocycles. The van der Waals surface area contributed by atoms with Crippen LogP contribution < -0.4 is 10.6 Å². The molecule has 0 bridgehead atoms. The monoisotopic (exact) mass is 468 g/mol. The predicted octanol–water partition coefficient (Wildman–Crippen LogP) is 2.43. The number of hydrogen-bond donors (Lipinski definition) is 2. The number of nitrogens with one attached hydrogen (secondary N) is 2. The van der Waals surface area contributed by atoms with Crippen molar-refractivity contribution in [3.63, 3.8) is 0 Å². The topological polar surface area (TPSA) is 109 Å². The van der Waals surface area contributed by atoms with Crippen LogP contribution in [0.2, 0.25) is 0 Å². The van der Waals surface area contributed by atoms with Crippen LogP contribution in [0.15, 0.2) is 41.7 Å². The zero-order chi connectivity index (χ0) is 23.2. The van der Waals surface area contributed by atoms with Crippen molar-refractivity contribution >= 4 is 40.3 Å². The van der Waals surface area contributed by atoms with Gasteiger partial charge in [0.25, 0.3) is 11.8 Å². The minimum atomic E-state index is -0.475. The smallest absolute Gasteiger partial charge is 0.262 e. The fraction of sp³-hybridized carbons (Fsp3) is 0.435. The van der Waals surface area contributed by atoms with E-state index < -0.39 is 5.25 Å². The fourth-order valence-corrected chi connectivity index (χ4v) is 4.95. The van der Waals surface area contributed by atoms with Crippen molar-refractivity contribution in [2.45, 2.75) is 44.4 Å². The highest BCUT2D eigenvalue weighted by Gasteiger charge is 2.33. The van der Waals surface area contributed by atoms with Gasteiger partial charge in [0.2, 0.25) is 5.91 Å². The Balaban J connectivity index is 1.19. The summed E-state index contributed by atoms with van der Waals surface area (Å²) in [5, 5.41) is 5.97. The summed E-state index contributed by atoms with van der Waals surface area (Å²) >= 11 is 1.38. The molecular weight excluding hydrogens is 440 g/mol. The van der Waals surface area contributed by atoms with Crippen molar-refractivity contribution in [2.75, 3.05) is 25.0 Å². The van der Waals surface area contributed by atoms with E-state index in [1.807, 2.05) is 17.7 Å². The molecule has 3 heterocycles. The SMILES string of the molecule is Cc1nccn1CCCNC(=O)c1ccc(NC(=O)C[C@@H]2SC(N3CCCC3)=NC2=O)cc1. The lowest BCUT2D eigenvalue weighted by molar-refractivity contribution is -0.121. The highest BCUT2D eigenvalue weighted by atomic mass is 32.2. The van der Waals surface area contributed by atoms with Gasteiger partial charge in [-0.25, -0.2) is 4.98 Å². The van der Waals surface area contributed by atoms with E-state index in [1.54, 1.807) is 30.5 Å². The maximum Gasteiger partial charge on any atom is 0.262 e. The normalized spacial score (nSPS) is 17.8. The molecule has 0 radical (unpaired) electrons. The molecule has 2 aliphatic rings. The molecule has 4 rings (SSSR count). The highest BCUT2D eigenvalue weighted by molar-refractivity contribution is 8.15. The van der Waals surface area contributed by atoms with Gasteiger partial charge in [0.1, 0.15) is 11.1 Å². The van der Waals surface area contributed by atoms with Gasteiger partial charge in [-0.05, 0) is 50.5 Å². The quantitative estimate of drug-likeness (QED) is 0.576. The first kappa shape index (κ1) is 23.0. The first-order valence-corrected chi connectivity index (χ1v) is 12.1. The van der Waals surface area contributed by atoms with Crippen molar-refractivity contribution in [1.82, 2.24) is 19.8 Å². The molecule has 1 aromatic carbocycles. The van der Waals surface area contributed by atoms with Crippen molar-refractivity contribution in [3.05, 3.63) is 48.0 Å². The lowest BCUT2D eigenvalue weighted by atomic mass is 10.2. The Labute approximate surface area is 197 Å². The van der Waals surface area contributed by atoms with Gasteiger partial charge in [-0.15, -0.1) is 0 Å². The highest BCUT2D eigenvalue weighted by Crippen LogP contribution is 2.29. The van der Waals surface area contributed by atoms with E-state index in [9.17, 15) is 14.4 Å². The van der Waals surface area contributed by atoms with Crippen molar-refractivity contribution < 1.29 is 14.4 Å². The zero-order valence-electron chi connectivity index (χ0n) is 18.6. The summed E-state index contributed by atoms with van der Waals surface area (Å²) in [6.07, 6.45) is 6.78. The van der Waals surface area contributed by atoms with Gasteiger partial charge in [-0.3, -0.25) is 14.4 Å². The summed E-state index contributed by atoms with van der Waals surface area (Å²) in [6.45, 7) is 5.14. The Morgan fingerprint density at radius 2 is 1.94 bits per heavy atom. The summed E-state index contributed by atoms with van der Waals surface area (Å²) in [7, 11) is 0. The van der Waals surface area contributed by atoms with E-state index in [4.69, 9.17) is 0 Å². The summed E-state index contributed by atoms with van der Waals surface area (Å²) in [5.74, 6) is 0.308. The number of likely N-dealkylation sites (tertiary alicyclic amines) is 1. The van der Waals surface area contributed by atoms with Gasteiger partial charge in [0.05, 0.1) is 0 Å². The number of rotatable bonds is 8. The summed E-state index contributed by atoms with van der Waals surface area (Å²) < 4.78 is 2.04. The second-order valence-electron chi connectivity index (χ2n) is 8.14. The van der Waals surface area contributed by atoms with Gasteiger partial charge in [0.15, 0.2) is 5.17 Å². The van der Waals surface area contributed by atoms with Crippen LogP contribution in [0.25, 0.3) is 0 Å². The van der Waals surface area contributed by atoms with Gasteiger partial charge in [-0.1, -0.05) is 11.8 Å². The largest absolute Gasteiger partial charge is 0.352 e. The molecule has 1 aromatic heterocycles. The van der Waals surface area contributed by atoms with Gasteiger partial charge in [0, 0.05) is 56.2 Å². The van der Waals surface area contributed by atoms with Crippen molar-refractivity contribution in [1.29, 1.82) is 0 Å². The number of nitrogens with zero attached hydrogens (tertiary/aromatic N) is 4. The first-order chi connectivity index (χ1) is 16.0. The van der Waals surface area contributed by atoms with Crippen LogP contribution in [0.1, 0.15) is 41.9 Å². The maximum absolute atomic E-state index is 12.4. The van der Waals surface area contributed by atoms with Crippen molar-refractivity contribution in [2.24, 2.45) is 4.99 Å². The van der Waals surface area contributed by atoms with E-state index in [0.717, 1.165) is 49.9 Å². The van der Waals surface area contributed by atoms with Crippen LogP contribution in [0.5, 0.6) is 0 Å². The third-order valence-electron chi connectivity index (χ3n) is 5.69. The number of aromatic nitrogens is 2. The molecule has 2 aliphatic heterocycles. The second kappa shape index (κ2) is 10.7. The number of carbonyl (C=O) groups is 3. The maximum atomic E-state index is 12.4. The van der Waals surface area contributed by atoms with E-state index in [2.05, 4.69) is 25.5 Å². The van der Waals surface area contributed by atoms with E-state index in [0.29, 0.717) is 17.8 Å². The number of thioether (sulfide) groups is 1. The van der Waals surface area contributed by atoms with Crippen LogP contribution in [-0.2, 0) is 16.1 Å². The predicted molar refractivity (Wildman–Crippen MR) is 128 cm³/mol. The first-order valence-electron chi connectivity index (χ1n) is 11.2. The zero-order valence-corrected chi connectivity index (χ0v) is 19.4. The Morgan fingerprint density at radius 3 is 2.64 bits per heavy atom. The average molecular weight is 469 g/mol.